The Morgan fingerprint density at radius 1 is 1.06 bits per heavy atom. The number of benzene rings is 1. The number of pyridine rings is 1. The summed E-state index contributed by atoms with van der Waals surface area (Å²) in [7, 11) is 1.50. The average Bonchev–Trinajstić information content (AvgIpc) is 3.57. The minimum absolute atomic E-state index is 0.0270. The lowest BCUT2D eigenvalue weighted by molar-refractivity contribution is -0.127. The minimum atomic E-state index is -0.820. The third-order valence-corrected chi connectivity index (χ3v) is 9.73. The number of aromatic amines is 1. The van der Waals surface area contributed by atoms with Crippen LogP contribution in [0.25, 0.3) is 6.08 Å². The number of ether oxygens (including phenoxy) is 1. The number of hydrogen-bond acceptors (Lipinski definition) is 7. The lowest BCUT2D eigenvalue weighted by Gasteiger charge is -2.41. The van der Waals surface area contributed by atoms with E-state index in [1.807, 2.05) is 42.6 Å². The second kappa shape index (κ2) is 17.3. The summed E-state index contributed by atoms with van der Waals surface area (Å²) in [4.78, 5) is 33.6. The maximum atomic E-state index is 13.1. The summed E-state index contributed by atoms with van der Waals surface area (Å²) in [5, 5.41) is 22.5. The molecule has 2 unspecified atom stereocenters. The maximum Gasteiger partial charge on any atom is 0.161 e. The highest BCUT2D eigenvalue weighted by Gasteiger charge is 2.44. The number of anilines is 1. The van der Waals surface area contributed by atoms with E-state index in [0.29, 0.717) is 36.6 Å². The number of hydrogen-bond donors (Lipinski definition) is 4. The third kappa shape index (κ3) is 9.13. The molecule has 254 valence electrons. The highest BCUT2D eigenvalue weighted by molar-refractivity contribution is 5.99. The zero-order valence-electron chi connectivity index (χ0n) is 28.4. The Morgan fingerprint density at radius 2 is 1.81 bits per heavy atom. The van der Waals surface area contributed by atoms with Crippen LogP contribution in [0.5, 0.6) is 11.5 Å². The molecule has 2 aromatic heterocycles. The number of nitrogens with two attached hydrogens (primary N) is 1. The van der Waals surface area contributed by atoms with Crippen LogP contribution in [0.3, 0.4) is 0 Å². The number of phenolic OH excluding ortho intramolecular Hbond substituents is 1. The third-order valence-electron chi connectivity index (χ3n) is 9.73. The van der Waals surface area contributed by atoms with Crippen LogP contribution in [0.1, 0.15) is 118 Å². The molecule has 0 bridgehead atoms. The first-order chi connectivity index (χ1) is 22.7. The fraction of sp³-hybridized carbons (Fsp3) is 0.513. The Bertz CT molecular complexity index is 1490. The molecule has 3 aromatic rings. The topological polar surface area (TPSA) is 139 Å². The van der Waals surface area contributed by atoms with Gasteiger partial charge in [-0.1, -0.05) is 83.4 Å². The number of aryl methyl sites for hydroxylation is 1. The number of fused-ring (bicyclic) bond motifs is 1. The van der Waals surface area contributed by atoms with E-state index in [9.17, 15) is 19.8 Å². The molecule has 5 N–H and O–H groups in total. The SMILES string of the molecule is CCCCCC(CCCCC)CC(=O)CC(=O)CCc1cc(OC)c(O)c(C2c3ccnc(N)c3C=CC2(CO)Cc2ccc[nH]2)c1. The van der Waals surface area contributed by atoms with Gasteiger partial charge in [0.15, 0.2) is 11.5 Å². The van der Waals surface area contributed by atoms with Gasteiger partial charge in [0, 0.05) is 53.4 Å². The van der Waals surface area contributed by atoms with Gasteiger partial charge in [0.25, 0.3) is 0 Å². The molecule has 0 spiro atoms. The number of aromatic nitrogens is 2. The molecule has 1 aromatic carbocycles. The molecule has 2 heterocycles. The number of nitrogens with zero attached hydrogens (tertiary/aromatic N) is 1. The molecule has 1 aliphatic rings. The smallest absolute Gasteiger partial charge is 0.161 e. The van der Waals surface area contributed by atoms with Gasteiger partial charge in [-0.2, -0.15) is 0 Å². The van der Waals surface area contributed by atoms with Crippen molar-refractivity contribution >= 4 is 23.5 Å². The molecule has 4 rings (SSSR count). The second-order valence-electron chi connectivity index (χ2n) is 13.3. The molecule has 0 amide bonds. The Balaban J connectivity index is 1.56. The van der Waals surface area contributed by atoms with Crippen LogP contribution >= 0.6 is 0 Å². The van der Waals surface area contributed by atoms with Crippen molar-refractivity contribution in [3.8, 4) is 11.5 Å². The number of unbranched alkanes of at least 4 members (excludes halogenated alkanes) is 4. The summed E-state index contributed by atoms with van der Waals surface area (Å²) in [5.41, 5.74) is 9.37. The van der Waals surface area contributed by atoms with Gasteiger partial charge in [-0.25, -0.2) is 4.98 Å². The van der Waals surface area contributed by atoms with Crippen molar-refractivity contribution in [2.75, 3.05) is 19.5 Å². The van der Waals surface area contributed by atoms with Gasteiger partial charge in [0.05, 0.1) is 20.1 Å². The van der Waals surface area contributed by atoms with Crippen LogP contribution in [-0.4, -0.2) is 45.5 Å². The molecule has 0 aliphatic heterocycles. The van der Waals surface area contributed by atoms with Crippen molar-refractivity contribution < 1.29 is 24.5 Å². The van der Waals surface area contributed by atoms with E-state index in [-0.39, 0.29) is 42.5 Å². The van der Waals surface area contributed by atoms with E-state index in [1.54, 1.807) is 12.3 Å². The zero-order chi connectivity index (χ0) is 33.8. The van der Waals surface area contributed by atoms with Crippen LogP contribution in [0, 0.1) is 11.3 Å². The molecule has 8 nitrogen and oxygen atoms in total. The monoisotopic (exact) mass is 643 g/mol. The molecule has 2 atom stereocenters. The summed E-state index contributed by atoms with van der Waals surface area (Å²) in [6.45, 7) is 4.18. The van der Waals surface area contributed by atoms with Crippen molar-refractivity contribution in [1.82, 2.24) is 9.97 Å². The van der Waals surface area contributed by atoms with E-state index < -0.39 is 11.3 Å². The van der Waals surface area contributed by atoms with Crippen LogP contribution < -0.4 is 10.5 Å². The Labute approximate surface area is 279 Å². The van der Waals surface area contributed by atoms with E-state index >= 15 is 0 Å². The van der Waals surface area contributed by atoms with Gasteiger partial charge in [-0.3, -0.25) is 9.59 Å². The van der Waals surface area contributed by atoms with Gasteiger partial charge in [-0.15, -0.1) is 0 Å². The number of carbonyl (C=O) groups is 2. The fourth-order valence-electron chi connectivity index (χ4n) is 7.17. The number of Topliss-reactive ketones (excluding diaryl/α,β-unsaturated/α-hetero) is 2. The first-order valence-electron chi connectivity index (χ1n) is 17.3. The summed E-state index contributed by atoms with van der Waals surface area (Å²) >= 11 is 0. The predicted molar refractivity (Wildman–Crippen MR) is 188 cm³/mol. The van der Waals surface area contributed by atoms with E-state index in [1.165, 1.54) is 20.0 Å². The van der Waals surface area contributed by atoms with Gasteiger partial charge >= 0.3 is 0 Å². The van der Waals surface area contributed by atoms with E-state index in [4.69, 9.17) is 10.5 Å². The number of nitrogens with one attached hydrogen (secondary N) is 1. The van der Waals surface area contributed by atoms with Crippen LogP contribution in [0.2, 0.25) is 0 Å². The molecular formula is C39H53N3O5. The molecule has 0 fully saturated rings. The number of nitrogen functional groups attached to an aromatic ring is 1. The summed E-state index contributed by atoms with van der Waals surface area (Å²) in [6.07, 6.45) is 17.9. The van der Waals surface area contributed by atoms with E-state index in [0.717, 1.165) is 60.9 Å². The standard InChI is InChI=1S/C39H53N3O5/c1-4-6-8-11-27(12-9-7-5-2)21-31(45)24-30(44)15-14-28-22-34(37(46)35(23-28)47-3)36-32-17-20-42-38(40)33(32)16-18-39(36,26-43)25-29-13-10-19-41-29/h10,13,16-20,22-23,27,36,41,43,46H,4-9,11-12,14-15,21,24-26H2,1-3H3,(H2,40,42). The molecular weight excluding hydrogens is 590 g/mol. The van der Waals surface area contributed by atoms with Crippen molar-refractivity contribution in [3.63, 3.8) is 0 Å². The van der Waals surface area contributed by atoms with Gasteiger partial charge < -0.3 is 25.7 Å². The Morgan fingerprint density at radius 3 is 2.45 bits per heavy atom. The highest BCUT2D eigenvalue weighted by Crippen LogP contribution is 2.53. The number of rotatable bonds is 20. The highest BCUT2D eigenvalue weighted by atomic mass is 16.5. The summed E-state index contributed by atoms with van der Waals surface area (Å²) in [6, 6.07) is 9.41. The summed E-state index contributed by atoms with van der Waals surface area (Å²) in [5.74, 6) is 0.438. The number of phenols is 1. The van der Waals surface area contributed by atoms with E-state index in [2.05, 4.69) is 23.8 Å². The number of carbonyl (C=O) groups excluding carboxylic acids is 2. The predicted octanol–water partition coefficient (Wildman–Crippen LogP) is 7.71. The lowest BCUT2D eigenvalue weighted by Crippen LogP contribution is -2.36. The van der Waals surface area contributed by atoms with Crippen LogP contribution in [0.4, 0.5) is 5.82 Å². The average molecular weight is 644 g/mol. The maximum absolute atomic E-state index is 13.1. The molecule has 47 heavy (non-hydrogen) atoms. The lowest BCUT2D eigenvalue weighted by atomic mass is 9.63. The number of aliphatic hydroxyl groups excluding tert-OH is 1. The summed E-state index contributed by atoms with van der Waals surface area (Å²) < 4.78 is 5.62. The second-order valence-corrected chi connectivity index (χ2v) is 13.3. The normalized spacial score (nSPS) is 17.2. The number of ketones is 2. The molecule has 0 saturated carbocycles. The van der Waals surface area contributed by atoms with Crippen LogP contribution in [0.15, 0.2) is 48.8 Å². The number of methoxy groups -OCH3 is 1. The van der Waals surface area contributed by atoms with Gasteiger partial charge in [0.1, 0.15) is 17.4 Å². The number of aliphatic hydroxyl groups is 1. The van der Waals surface area contributed by atoms with Crippen molar-refractivity contribution in [1.29, 1.82) is 0 Å². The molecule has 0 saturated heterocycles. The van der Waals surface area contributed by atoms with Crippen LogP contribution in [-0.2, 0) is 22.4 Å². The quantitative estimate of drug-likeness (QED) is 0.0730. The Hall–Kier alpha value is -3.91. The zero-order valence-corrected chi connectivity index (χ0v) is 28.4. The number of aromatic hydroxyl groups is 1. The molecule has 0 radical (unpaired) electrons. The molecule has 8 heteroatoms. The van der Waals surface area contributed by atoms with Gasteiger partial charge in [-0.05, 0) is 54.2 Å². The minimum Gasteiger partial charge on any atom is -0.504 e. The fourth-order valence-corrected chi connectivity index (χ4v) is 7.17. The largest absolute Gasteiger partial charge is 0.504 e. The number of H-pyrrole nitrogens is 1. The first kappa shape index (κ1) is 35.9. The Kier molecular flexibility index (Phi) is 13.2. The van der Waals surface area contributed by atoms with Crippen molar-refractivity contribution in [3.05, 3.63) is 76.7 Å². The van der Waals surface area contributed by atoms with Gasteiger partial charge in [0.2, 0.25) is 0 Å². The van der Waals surface area contributed by atoms with Crippen molar-refractivity contribution in [2.24, 2.45) is 11.3 Å². The molecule has 1 aliphatic carbocycles. The first-order valence-corrected chi connectivity index (χ1v) is 17.3. The van der Waals surface area contributed by atoms with Crippen molar-refractivity contribution in [2.45, 2.75) is 103 Å².